The Morgan fingerprint density at radius 3 is 2.87 bits per heavy atom. The number of pyridine rings is 1. The summed E-state index contributed by atoms with van der Waals surface area (Å²) in [6, 6.07) is 3.51. The molecule has 2 rings (SSSR count). The molecule has 0 aromatic carbocycles. The van der Waals surface area contributed by atoms with E-state index in [4.69, 9.17) is 4.74 Å². The minimum absolute atomic E-state index is 0.0143. The molecule has 0 saturated heterocycles. The van der Waals surface area contributed by atoms with E-state index in [-0.39, 0.29) is 5.78 Å². The van der Waals surface area contributed by atoms with Crippen LogP contribution in [0.4, 0.5) is 0 Å². The van der Waals surface area contributed by atoms with Crippen molar-refractivity contribution in [3.63, 3.8) is 0 Å². The maximum atomic E-state index is 11.0. The highest BCUT2D eigenvalue weighted by Gasteiger charge is 2.20. The molecule has 80 valence electrons. The van der Waals surface area contributed by atoms with Gasteiger partial charge in [0.1, 0.15) is 11.4 Å². The molecule has 3 nitrogen and oxygen atoms in total. The fraction of sp³-hybridized carbons (Fsp3) is 0.500. The predicted molar refractivity (Wildman–Crippen MR) is 57.1 cm³/mol. The normalized spacial score (nSPS) is 15.0. The van der Waals surface area contributed by atoms with Crippen LogP contribution < -0.4 is 4.74 Å². The Bertz CT molecular complexity index is 341. The average molecular weight is 205 g/mol. The lowest BCUT2D eigenvalue weighted by Crippen LogP contribution is -2.00. The Morgan fingerprint density at radius 2 is 2.33 bits per heavy atom. The minimum Gasteiger partial charge on any atom is -0.492 e. The summed E-state index contributed by atoms with van der Waals surface area (Å²) in [5.74, 6) is 1.62. The molecule has 0 atom stereocenters. The highest BCUT2D eigenvalue weighted by Crippen LogP contribution is 2.32. The molecule has 1 heterocycles. The number of rotatable bonds is 5. The Morgan fingerprint density at radius 1 is 1.53 bits per heavy atom. The maximum Gasteiger partial charge on any atom is 0.178 e. The monoisotopic (exact) mass is 205 g/mol. The minimum atomic E-state index is -0.0143. The van der Waals surface area contributed by atoms with E-state index in [0.29, 0.717) is 5.69 Å². The van der Waals surface area contributed by atoms with Crippen molar-refractivity contribution in [2.45, 2.75) is 26.2 Å². The average Bonchev–Trinajstić information content (AvgIpc) is 3.02. The van der Waals surface area contributed by atoms with Crippen LogP contribution in [0, 0.1) is 5.92 Å². The van der Waals surface area contributed by atoms with Gasteiger partial charge in [0.2, 0.25) is 0 Å². The lowest BCUT2D eigenvalue weighted by molar-refractivity contribution is 0.101. The summed E-state index contributed by atoms with van der Waals surface area (Å²) in [6.45, 7) is 2.27. The van der Waals surface area contributed by atoms with Crippen molar-refractivity contribution in [3.05, 3.63) is 24.0 Å². The molecular weight excluding hydrogens is 190 g/mol. The molecule has 15 heavy (non-hydrogen) atoms. The zero-order valence-corrected chi connectivity index (χ0v) is 8.90. The van der Waals surface area contributed by atoms with Gasteiger partial charge in [0, 0.05) is 6.92 Å². The summed E-state index contributed by atoms with van der Waals surface area (Å²) in [5.41, 5.74) is 0.490. The lowest BCUT2D eigenvalue weighted by atomic mass is 10.3. The Labute approximate surface area is 89.5 Å². The van der Waals surface area contributed by atoms with Crippen molar-refractivity contribution < 1.29 is 9.53 Å². The lowest BCUT2D eigenvalue weighted by Gasteiger charge is -2.04. The zero-order valence-electron chi connectivity index (χ0n) is 8.90. The standard InChI is InChI=1S/C12H15NO2/c1-9(14)12-5-4-11(8-13-12)15-7-6-10-2-3-10/h4-5,8,10H,2-3,6-7H2,1H3. The van der Waals surface area contributed by atoms with Crippen LogP contribution >= 0.6 is 0 Å². The second kappa shape index (κ2) is 4.43. The topological polar surface area (TPSA) is 39.2 Å². The summed E-state index contributed by atoms with van der Waals surface area (Å²) in [7, 11) is 0. The van der Waals surface area contributed by atoms with Gasteiger partial charge < -0.3 is 4.74 Å². The Balaban J connectivity index is 1.83. The van der Waals surface area contributed by atoms with Crippen molar-refractivity contribution >= 4 is 5.78 Å². The maximum absolute atomic E-state index is 11.0. The van der Waals surface area contributed by atoms with Gasteiger partial charge in [-0.25, -0.2) is 4.98 Å². The van der Waals surface area contributed by atoms with Gasteiger partial charge in [-0.15, -0.1) is 0 Å². The molecule has 3 heteroatoms. The summed E-state index contributed by atoms with van der Waals surface area (Å²) in [4.78, 5) is 15.0. The quantitative estimate of drug-likeness (QED) is 0.693. The van der Waals surface area contributed by atoms with E-state index >= 15 is 0 Å². The van der Waals surface area contributed by atoms with Gasteiger partial charge in [-0.3, -0.25) is 4.79 Å². The number of Topliss-reactive ketones (excluding diaryl/α,β-unsaturated/α-hetero) is 1. The first kappa shape index (κ1) is 10.1. The third-order valence-electron chi connectivity index (χ3n) is 2.59. The molecule has 0 radical (unpaired) electrons. The van der Waals surface area contributed by atoms with E-state index in [1.54, 1.807) is 18.3 Å². The molecule has 1 fully saturated rings. The number of aromatic nitrogens is 1. The number of hydrogen-bond donors (Lipinski definition) is 0. The van der Waals surface area contributed by atoms with Crippen molar-refractivity contribution in [3.8, 4) is 5.75 Å². The highest BCUT2D eigenvalue weighted by molar-refractivity contribution is 5.92. The molecular formula is C12H15NO2. The second-order valence-corrected chi connectivity index (χ2v) is 4.02. The van der Waals surface area contributed by atoms with Crippen molar-refractivity contribution in [1.29, 1.82) is 0 Å². The van der Waals surface area contributed by atoms with Crippen molar-refractivity contribution in [2.75, 3.05) is 6.61 Å². The third-order valence-corrected chi connectivity index (χ3v) is 2.59. The van der Waals surface area contributed by atoms with E-state index < -0.39 is 0 Å². The van der Waals surface area contributed by atoms with Gasteiger partial charge in [-0.05, 0) is 24.5 Å². The van der Waals surface area contributed by atoms with Crippen LogP contribution in [0.3, 0.4) is 0 Å². The van der Waals surface area contributed by atoms with Crippen LogP contribution in [-0.4, -0.2) is 17.4 Å². The van der Waals surface area contributed by atoms with Gasteiger partial charge in [0.25, 0.3) is 0 Å². The van der Waals surface area contributed by atoms with Gasteiger partial charge in [-0.2, -0.15) is 0 Å². The number of carbonyl (C=O) groups is 1. The molecule has 0 amide bonds. The van der Waals surface area contributed by atoms with E-state index in [1.807, 2.05) is 0 Å². The number of ketones is 1. The van der Waals surface area contributed by atoms with Crippen LogP contribution in [-0.2, 0) is 0 Å². The number of carbonyl (C=O) groups excluding carboxylic acids is 1. The second-order valence-electron chi connectivity index (χ2n) is 4.02. The van der Waals surface area contributed by atoms with Crippen LogP contribution in [0.25, 0.3) is 0 Å². The SMILES string of the molecule is CC(=O)c1ccc(OCCC2CC2)cn1. The van der Waals surface area contributed by atoms with Crippen LogP contribution in [0.15, 0.2) is 18.3 Å². The van der Waals surface area contributed by atoms with E-state index in [2.05, 4.69) is 4.98 Å². The van der Waals surface area contributed by atoms with Crippen LogP contribution in [0.5, 0.6) is 5.75 Å². The molecule has 1 saturated carbocycles. The molecule has 1 aliphatic carbocycles. The molecule has 0 spiro atoms. The predicted octanol–water partition coefficient (Wildman–Crippen LogP) is 2.46. The van der Waals surface area contributed by atoms with Gasteiger partial charge >= 0.3 is 0 Å². The molecule has 0 N–H and O–H groups in total. The van der Waals surface area contributed by atoms with Crippen molar-refractivity contribution in [1.82, 2.24) is 4.98 Å². The molecule has 0 bridgehead atoms. The fourth-order valence-electron chi connectivity index (χ4n) is 1.42. The Hall–Kier alpha value is -1.38. The van der Waals surface area contributed by atoms with E-state index in [1.165, 1.54) is 19.8 Å². The van der Waals surface area contributed by atoms with Gasteiger partial charge in [0.15, 0.2) is 5.78 Å². The summed E-state index contributed by atoms with van der Waals surface area (Å²) < 4.78 is 5.52. The first-order chi connectivity index (χ1) is 7.25. The number of hydrogen-bond acceptors (Lipinski definition) is 3. The number of ether oxygens (including phenoxy) is 1. The summed E-state index contributed by atoms with van der Waals surface area (Å²) in [5, 5.41) is 0. The fourth-order valence-corrected chi connectivity index (χ4v) is 1.42. The third kappa shape index (κ3) is 3.05. The molecule has 1 aromatic rings. The molecule has 1 aliphatic rings. The van der Waals surface area contributed by atoms with Crippen LogP contribution in [0.1, 0.15) is 36.7 Å². The van der Waals surface area contributed by atoms with E-state index in [9.17, 15) is 4.79 Å². The zero-order chi connectivity index (χ0) is 10.7. The molecule has 0 aliphatic heterocycles. The summed E-state index contributed by atoms with van der Waals surface area (Å²) >= 11 is 0. The first-order valence-corrected chi connectivity index (χ1v) is 5.35. The largest absolute Gasteiger partial charge is 0.492 e. The first-order valence-electron chi connectivity index (χ1n) is 5.35. The summed E-state index contributed by atoms with van der Waals surface area (Å²) in [6.07, 6.45) is 5.45. The van der Waals surface area contributed by atoms with Gasteiger partial charge in [0.05, 0.1) is 12.8 Å². The molecule has 0 unspecified atom stereocenters. The van der Waals surface area contributed by atoms with Gasteiger partial charge in [-0.1, -0.05) is 12.8 Å². The van der Waals surface area contributed by atoms with E-state index in [0.717, 1.165) is 24.7 Å². The Kier molecular flexibility index (Phi) is 2.99. The highest BCUT2D eigenvalue weighted by atomic mass is 16.5. The number of nitrogens with zero attached hydrogens (tertiary/aromatic N) is 1. The van der Waals surface area contributed by atoms with Crippen LogP contribution in [0.2, 0.25) is 0 Å². The smallest absolute Gasteiger partial charge is 0.178 e. The van der Waals surface area contributed by atoms with Crippen molar-refractivity contribution in [2.24, 2.45) is 5.92 Å². The molecule has 1 aromatic heterocycles.